The topological polar surface area (TPSA) is 125 Å². The Morgan fingerprint density at radius 2 is 2.24 bits per heavy atom. The Kier molecular flexibility index (Phi) is 7.20. The number of urea groups is 1. The second kappa shape index (κ2) is 10.1. The molecule has 0 spiro atoms. The number of hydrogen-bond donors (Lipinski definition) is 4. The van der Waals surface area contributed by atoms with E-state index in [-0.39, 0.29) is 18.4 Å². The fraction of sp³-hybridized carbons (Fsp3) is 0.429. The van der Waals surface area contributed by atoms with E-state index in [1.807, 2.05) is 6.26 Å². The molecule has 1 saturated heterocycles. The standard InChI is InChI=1S/C21H26ClFN8OS/c1-33-7-5-25-20(32)31-6-3-2-4-21(31,24)12-29-19-16(23)11-28-18(30-19)15-10-27-17-14(15)8-13(22)9-26-17/h8-11H,2-7,12,24H2,1H3,(H,25,32)(H,26,27)(H,28,29,30)/t21-/m1/s1. The number of carbonyl (C=O) groups excluding carboxylic acids is 1. The number of H-pyrrole nitrogens is 1. The van der Waals surface area contributed by atoms with Crippen LogP contribution in [0.3, 0.4) is 0 Å². The highest BCUT2D eigenvalue weighted by Crippen LogP contribution is 2.29. The van der Waals surface area contributed by atoms with Gasteiger partial charge in [-0.15, -0.1) is 0 Å². The van der Waals surface area contributed by atoms with Gasteiger partial charge in [0.1, 0.15) is 11.3 Å². The summed E-state index contributed by atoms with van der Waals surface area (Å²) in [6.07, 6.45) is 8.69. The molecule has 0 aromatic carbocycles. The number of anilines is 1. The maximum absolute atomic E-state index is 14.6. The van der Waals surface area contributed by atoms with Crippen LogP contribution in [0, 0.1) is 5.82 Å². The molecule has 1 aliphatic heterocycles. The molecular formula is C21H26ClFN8OS. The number of pyridine rings is 1. The molecule has 0 radical (unpaired) electrons. The van der Waals surface area contributed by atoms with E-state index in [0.717, 1.165) is 30.2 Å². The van der Waals surface area contributed by atoms with Gasteiger partial charge in [-0.1, -0.05) is 11.6 Å². The summed E-state index contributed by atoms with van der Waals surface area (Å²) in [5, 5.41) is 7.12. The van der Waals surface area contributed by atoms with Crippen molar-refractivity contribution in [3.63, 3.8) is 0 Å². The number of nitrogens with two attached hydrogens (primary N) is 1. The number of aromatic nitrogens is 4. The molecule has 33 heavy (non-hydrogen) atoms. The number of hydrogen-bond acceptors (Lipinski definition) is 7. The Morgan fingerprint density at radius 3 is 3.06 bits per heavy atom. The van der Waals surface area contributed by atoms with E-state index in [1.165, 1.54) is 6.20 Å². The normalized spacial score (nSPS) is 18.5. The van der Waals surface area contributed by atoms with E-state index in [0.29, 0.717) is 41.6 Å². The smallest absolute Gasteiger partial charge is 0.318 e. The lowest BCUT2D eigenvalue weighted by Gasteiger charge is -2.44. The van der Waals surface area contributed by atoms with Crippen molar-refractivity contribution in [3.05, 3.63) is 35.5 Å². The van der Waals surface area contributed by atoms with Gasteiger partial charge in [0.2, 0.25) is 0 Å². The van der Waals surface area contributed by atoms with E-state index in [2.05, 4.69) is 30.6 Å². The molecule has 0 saturated carbocycles. The SMILES string of the molecule is CSCCNC(=O)N1CCCC[C@]1(N)CNc1nc(-c2c[nH]c3ncc(Cl)cc23)ncc1F. The third-order valence-electron chi connectivity index (χ3n) is 5.65. The van der Waals surface area contributed by atoms with Crippen molar-refractivity contribution in [1.82, 2.24) is 30.2 Å². The molecule has 0 aliphatic carbocycles. The summed E-state index contributed by atoms with van der Waals surface area (Å²) in [5.41, 5.74) is 6.95. The third kappa shape index (κ3) is 5.15. The number of rotatable bonds is 7. The highest BCUT2D eigenvalue weighted by molar-refractivity contribution is 7.98. The largest absolute Gasteiger partial charge is 0.364 e. The summed E-state index contributed by atoms with van der Waals surface area (Å²) >= 11 is 7.73. The number of thioether (sulfide) groups is 1. The predicted octanol–water partition coefficient (Wildman–Crippen LogP) is 3.44. The zero-order valence-electron chi connectivity index (χ0n) is 18.2. The van der Waals surface area contributed by atoms with Gasteiger partial charge in [0.15, 0.2) is 17.5 Å². The van der Waals surface area contributed by atoms with Gasteiger partial charge in [-0.25, -0.2) is 24.1 Å². The lowest BCUT2D eigenvalue weighted by atomic mass is 9.96. The molecule has 4 rings (SSSR count). The van der Waals surface area contributed by atoms with Crippen molar-refractivity contribution in [3.8, 4) is 11.4 Å². The molecule has 9 nitrogen and oxygen atoms in total. The maximum atomic E-state index is 14.6. The first-order valence-corrected chi connectivity index (χ1v) is 12.4. The molecule has 1 atom stereocenters. The molecule has 3 aromatic heterocycles. The van der Waals surface area contributed by atoms with Crippen LogP contribution in [0.2, 0.25) is 5.02 Å². The first-order chi connectivity index (χ1) is 15.9. The van der Waals surface area contributed by atoms with Gasteiger partial charge in [0.25, 0.3) is 0 Å². The second-order valence-electron chi connectivity index (χ2n) is 7.93. The number of nitrogens with one attached hydrogen (secondary N) is 3. The van der Waals surface area contributed by atoms with Crippen molar-refractivity contribution < 1.29 is 9.18 Å². The van der Waals surface area contributed by atoms with Crippen molar-refractivity contribution in [2.75, 3.05) is 37.0 Å². The zero-order valence-corrected chi connectivity index (χ0v) is 19.8. The zero-order chi connectivity index (χ0) is 23.4. The summed E-state index contributed by atoms with van der Waals surface area (Å²) < 4.78 is 14.6. The monoisotopic (exact) mass is 492 g/mol. The van der Waals surface area contributed by atoms with Crippen molar-refractivity contribution >= 4 is 46.2 Å². The van der Waals surface area contributed by atoms with Gasteiger partial charge < -0.3 is 26.3 Å². The summed E-state index contributed by atoms with van der Waals surface area (Å²) in [6, 6.07) is 1.54. The fourth-order valence-electron chi connectivity index (χ4n) is 3.92. The van der Waals surface area contributed by atoms with Crippen LogP contribution in [0.15, 0.2) is 24.7 Å². The van der Waals surface area contributed by atoms with Gasteiger partial charge in [0.05, 0.1) is 17.8 Å². The van der Waals surface area contributed by atoms with Gasteiger partial charge in [-0.05, 0) is 31.6 Å². The van der Waals surface area contributed by atoms with Crippen LogP contribution < -0.4 is 16.4 Å². The molecule has 1 fully saturated rings. The number of likely N-dealkylation sites (tertiary alicyclic amines) is 1. The lowest BCUT2D eigenvalue weighted by Crippen LogP contribution is -2.66. The Labute approximate surface area is 200 Å². The Balaban J connectivity index is 1.53. The van der Waals surface area contributed by atoms with E-state index in [4.69, 9.17) is 17.3 Å². The van der Waals surface area contributed by atoms with Crippen LogP contribution >= 0.6 is 23.4 Å². The lowest BCUT2D eigenvalue weighted by molar-refractivity contribution is 0.0897. The van der Waals surface area contributed by atoms with E-state index in [1.54, 1.807) is 28.9 Å². The molecule has 2 amide bonds. The number of amides is 2. The van der Waals surface area contributed by atoms with Crippen LogP contribution in [-0.4, -0.2) is 68.2 Å². The Bertz CT molecular complexity index is 1140. The number of fused-ring (bicyclic) bond motifs is 1. The minimum atomic E-state index is -0.961. The van der Waals surface area contributed by atoms with Crippen LogP contribution in [0.25, 0.3) is 22.4 Å². The summed E-state index contributed by atoms with van der Waals surface area (Å²) in [4.78, 5) is 30.1. The first-order valence-electron chi connectivity index (χ1n) is 10.6. The molecule has 0 unspecified atom stereocenters. The van der Waals surface area contributed by atoms with Gasteiger partial charge in [-0.2, -0.15) is 11.8 Å². The number of carbonyl (C=O) groups is 1. The Morgan fingerprint density at radius 1 is 1.39 bits per heavy atom. The maximum Gasteiger partial charge on any atom is 0.318 e. The highest BCUT2D eigenvalue weighted by Gasteiger charge is 2.38. The van der Waals surface area contributed by atoms with Crippen molar-refractivity contribution in [2.45, 2.75) is 24.9 Å². The Hall–Kier alpha value is -2.63. The van der Waals surface area contributed by atoms with Crippen LogP contribution in [0.1, 0.15) is 19.3 Å². The van der Waals surface area contributed by atoms with E-state index in [9.17, 15) is 9.18 Å². The molecule has 1 aliphatic rings. The average molecular weight is 493 g/mol. The summed E-state index contributed by atoms with van der Waals surface area (Å²) in [6.45, 7) is 1.26. The number of piperidine rings is 1. The average Bonchev–Trinajstić information content (AvgIpc) is 3.22. The number of aromatic amines is 1. The molecule has 12 heteroatoms. The fourth-order valence-corrected chi connectivity index (χ4v) is 4.39. The summed E-state index contributed by atoms with van der Waals surface area (Å²) in [7, 11) is 0. The molecular weight excluding hydrogens is 467 g/mol. The molecule has 176 valence electrons. The highest BCUT2D eigenvalue weighted by atomic mass is 35.5. The number of halogens is 2. The third-order valence-corrected chi connectivity index (χ3v) is 6.47. The molecule has 0 bridgehead atoms. The van der Waals surface area contributed by atoms with Crippen LogP contribution in [-0.2, 0) is 0 Å². The molecule has 4 heterocycles. The predicted molar refractivity (Wildman–Crippen MR) is 130 cm³/mol. The van der Waals surface area contributed by atoms with Gasteiger partial charge in [0, 0.05) is 42.2 Å². The van der Waals surface area contributed by atoms with Crippen LogP contribution in [0.4, 0.5) is 15.0 Å². The van der Waals surface area contributed by atoms with Crippen molar-refractivity contribution in [1.29, 1.82) is 0 Å². The van der Waals surface area contributed by atoms with E-state index >= 15 is 0 Å². The van der Waals surface area contributed by atoms with Crippen molar-refractivity contribution in [2.24, 2.45) is 5.73 Å². The van der Waals surface area contributed by atoms with Crippen LogP contribution in [0.5, 0.6) is 0 Å². The number of nitrogens with zero attached hydrogens (tertiary/aromatic N) is 4. The first kappa shape index (κ1) is 23.5. The van der Waals surface area contributed by atoms with Gasteiger partial charge in [-0.3, -0.25) is 0 Å². The minimum absolute atomic E-state index is 0.0162. The van der Waals surface area contributed by atoms with E-state index < -0.39 is 11.5 Å². The molecule has 5 N–H and O–H groups in total. The van der Waals surface area contributed by atoms with Gasteiger partial charge >= 0.3 is 6.03 Å². The quantitative estimate of drug-likeness (QED) is 0.372. The molecule has 3 aromatic rings. The summed E-state index contributed by atoms with van der Waals surface area (Å²) in [5.74, 6) is 0.544. The minimum Gasteiger partial charge on any atom is -0.364 e. The second-order valence-corrected chi connectivity index (χ2v) is 9.35.